The van der Waals surface area contributed by atoms with Gasteiger partial charge in [-0.05, 0) is 13.3 Å². The highest BCUT2D eigenvalue weighted by atomic mass is 16.5. The molecule has 0 saturated heterocycles. The van der Waals surface area contributed by atoms with Gasteiger partial charge in [0.2, 0.25) is 0 Å². The van der Waals surface area contributed by atoms with Crippen molar-refractivity contribution >= 4 is 0 Å². The maximum Gasteiger partial charge on any atom is 0.286 e. The molecule has 0 aliphatic carbocycles. The Kier molecular flexibility index (Phi) is 6.86. The number of hydrogen-bond donors (Lipinski definition) is 0. The van der Waals surface area contributed by atoms with Gasteiger partial charge >= 0.3 is 0 Å². The Labute approximate surface area is 67.9 Å². The standard InChI is InChI=1S/C8H15NO2/c1-3-5-11-8(2)4-6-10-7-9/h8H,3-6H2,1-2H3. The molecule has 0 amide bonds. The molecule has 0 bridgehead atoms. The lowest BCUT2D eigenvalue weighted by molar-refractivity contribution is 0.0478. The maximum atomic E-state index is 8.04. The van der Waals surface area contributed by atoms with Crippen molar-refractivity contribution in [3.8, 4) is 6.26 Å². The monoisotopic (exact) mass is 157 g/mol. The van der Waals surface area contributed by atoms with Crippen LogP contribution < -0.4 is 0 Å². The minimum atomic E-state index is 0.198. The molecule has 0 fully saturated rings. The van der Waals surface area contributed by atoms with Crippen LogP contribution in [0.4, 0.5) is 0 Å². The lowest BCUT2D eigenvalue weighted by atomic mass is 10.3. The van der Waals surface area contributed by atoms with Crippen molar-refractivity contribution in [3.05, 3.63) is 0 Å². The molecule has 11 heavy (non-hydrogen) atoms. The van der Waals surface area contributed by atoms with Crippen molar-refractivity contribution < 1.29 is 9.47 Å². The largest absolute Gasteiger partial charge is 0.427 e. The zero-order valence-electron chi connectivity index (χ0n) is 7.17. The van der Waals surface area contributed by atoms with Crippen molar-refractivity contribution in [2.45, 2.75) is 32.8 Å². The van der Waals surface area contributed by atoms with Gasteiger partial charge in [-0.1, -0.05) is 6.92 Å². The van der Waals surface area contributed by atoms with Crippen LogP contribution in [0.25, 0.3) is 0 Å². The number of ether oxygens (including phenoxy) is 2. The zero-order chi connectivity index (χ0) is 8.53. The average molecular weight is 157 g/mol. The predicted molar refractivity (Wildman–Crippen MR) is 41.9 cm³/mol. The summed E-state index contributed by atoms with van der Waals surface area (Å²) in [6.07, 6.45) is 3.64. The Balaban J connectivity index is 3.10. The molecule has 0 aromatic heterocycles. The van der Waals surface area contributed by atoms with Crippen LogP contribution in [0.15, 0.2) is 0 Å². The molecule has 1 atom stereocenters. The summed E-state index contributed by atoms with van der Waals surface area (Å²) in [6.45, 7) is 5.30. The van der Waals surface area contributed by atoms with Crippen LogP contribution >= 0.6 is 0 Å². The quantitative estimate of drug-likeness (QED) is 0.435. The first kappa shape index (κ1) is 10.2. The maximum absolute atomic E-state index is 8.04. The lowest BCUT2D eigenvalue weighted by Crippen LogP contribution is -2.11. The van der Waals surface area contributed by atoms with Gasteiger partial charge in [-0.25, -0.2) is 0 Å². The van der Waals surface area contributed by atoms with E-state index in [9.17, 15) is 0 Å². The molecule has 0 aromatic rings. The Morgan fingerprint density at radius 3 is 2.73 bits per heavy atom. The van der Waals surface area contributed by atoms with E-state index in [-0.39, 0.29) is 6.10 Å². The molecule has 0 aromatic carbocycles. The van der Waals surface area contributed by atoms with Gasteiger partial charge in [0.05, 0.1) is 6.10 Å². The van der Waals surface area contributed by atoms with Crippen molar-refractivity contribution in [1.82, 2.24) is 0 Å². The molecule has 0 saturated carbocycles. The van der Waals surface area contributed by atoms with Crippen molar-refractivity contribution in [2.75, 3.05) is 13.2 Å². The fraction of sp³-hybridized carbons (Fsp3) is 0.875. The highest BCUT2D eigenvalue weighted by molar-refractivity contribution is 4.53. The summed E-state index contributed by atoms with van der Waals surface area (Å²) in [5, 5.41) is 8.04. The third-order valence-electron chi connectivity index (χ3n) is 1.30. The number of rotatable bonds is 6. The van der Waals surface area contributed by atoms with Crippen molar-refractivity contribution in [3.63, 3.8) is 0 Å². The molecule has 1 unspecified atom stereocenters. The average Bonchev–Trinajstić information content (AvgIpc) is 2.01. The Morgan fingerprint density at radius 1 is 1.45 bits per heavy atom. The summed E-state index contributed by atoms with van der Waals surface area (Å²) in [6, 6.07) is 0. The van der Waals surface area contributed by atoms with E-state index in [1.807, 2.05) is 6.92 Å². The minimum Gasteiger partial charge on any atom is -0.427 e. The normalized spacial score (nSPS) is 12.1. The van der Waals surface area contributed by atoms with Gasteiger partial charge in [-0.2, -0.15) is 5.26 Å². The van der Waals surface area contributed by atoms with E-state index in [4.69, 9.17) is 10.00 Å². The summed E-state index contributed by atoms with van der Waals surface area (Å²) in [5.41, 5.74) is 0. The summed E-state index contributed by atoms with van der Waals surface area (Å²) >= 11 is 0. The summed E-state index contributed by atoms with van der Waals surface area (Å²) in [5.74, 6) is 0. The van der Waals surface area contributed by atoms with Gasteiger partial charge in [-0.3, -0.25) is 0 Å². The van der Waals surface area contributed by atoms with E-state index in [1.54, 1.807) is 6.26 Å². The Hall–Kier alpha value is -0.750. The van der Waals surface area contributed by atoms with Gasteiger partial charge in [0.1, 0.15) is 6.61 Å². The smallest absolute Gasteiger partial charge is 0.286 e. The fourth-order valence-electron chi connectivity index (χ4n) is 0.673. The van der Waals surface area contributed by atoms with Crippen LogP contribution in [-0.4, -0.2) is 19.3 Å². The summed E-state index contributed by atoms with van der Waals surface area (Å²) in [4.78, 5) is 0. The van der Waals surface area contributed by atoms with Gasteiger partial charge in [-0.15, -0.1) is 0 Å². The molecule has 3 nitrogen and oxygen atoms in total. The SMILES string of the molecule is CCCOC(C)CCOC#N. The first-order chi connectivity index (χ1) is 5.31. The van der Waals surface area contributed by atoms with Crippen LogP contribution in [-0.2, 0) is 9.47 Å². The second-order valence-electron chi connectivity index (χ2n) is 2.41. The molecule has 0 N–H and O–H groups in total. The van der Waals surface area contributed by atoms with E-state index in [0.29, 0.717) is 6.61 Å². The molecule has 0 aliphatic rings. The van der Waals surface area contributed by atoms with Gasteiger partial charge < -0.3 is 9.47 Å². The van der Waals surface area contributed by atoms with Crippen LogP contribution in [0.5, 0.6) is 0 Å². The van der Waals surface area contributed by atoms with Crippen molar-refractivity contribution in [2.24, 2.45) is 0 Å². The summed E-state index contributed by atoms with van der Waals surface area (Å²) < 4.78 is 9.86. The molecule has 3 heteroatoms. The number of nitrogens with zero attached hydrogens (tertiary/aromatic N) is 1. The van der Waals surface area contributed by atoms with E-state index in [1.165, 1.54) is 0 Å². The summed E-state index contributed by atoms with van der Waals surface area (Å²) in [7, 11) is 0. The van der Waals surface area contributed by atoms with E-state index in [0.717, 1.165) is 19.4 Å². The second-order valence-corrected chi connectivity index (χ2v) is 2.41. The molecular weight excluding hydrogens is 142 g/mol. The zero-order valence-corrected chi connectivity index (χ0v) is 7.17. The highest BCUT2D eigenvalue weighted by Gasteiger charge is 2.00. The number of nitriles is 1. The highest BCUT2D eigenvalue weighted by Crippen LogP contribution is 1.97. The molecule has 0 radical (unpaired) electrons. The third-order valence-corrected chi connectivity index (χ3v) is 1.30. The molecule has 0 spiro atoms. The first-order valence-electron chi connectivity index (χ1n) is 3.93. The van der Waals surface area contributed by atoms with E-state index >= 15 is 0 Å². The van der Waals surface area contributed by atoms with Crippen LogP contribution in [0, 0.1) is 11.5 Å². The molecule has 64 valence electrons. The van der Waals surface area contributed by atoms with Gasteiger partial charge in [0.25, 0.3) is 6.26 Å². The van der Waals surface area contributed by atoms with Crippen molar-refractivity contribution in [1.29, 1.82) is 5.26 Å². The first-order valence-corrected chi connectivity index (χ1v) is 3.93. The third kappa shape index (κ3) is 7.14. The second kappa shape index (κ2) is 7.36. The molecule has 0 aliphatic heterocycles. The molecular formula is C8H15NO2. The predicted octanol–water partition coefficient (Wildman–Crippen LogP) is 1.69. The van der Waals surface area contributed by atoms with Crippen LogP contribution in [0.3, 0.4) is 0 Å². The molecule has 0 heterocycles. The van der Waals surface area contributed by atoms with Crippen LogP contribution in [0.2, 0.25) is 0 Å². The topological polar surface area (TPSA) is 42.2 Å². The Morgan fingerprint density at radius 2 is 2.18 bits per heavy atom. The van der Waals surface area contributed by atoms with E-state index < -0.39 is 0 Å². The van der Waals surface area contributed by atoms with E-state index in [2.05, 4.69) is 11.7 Å². The lowest BCUT2D eigenvalue weighted by Gasteiger charge is -2.10. The molecule has 0 rings (SSSR count). The minimum absolute atomic E-state index is 0.198. The van der Waals surface area contributed by atoms with Gasteiger partial charge in [0.15, 0.2) is 0 Å². The Bertz CT molecular complexity index is 120. The fourth-order valence-corrected chi connectivity index (χ4v) is 0.673. The van der Waals surface area contributed by atoms with Gasteiger partial charge in [0, 0.05) is 13.0 Å². The number of hydrogen-bond acceptors (Lipinski definition) is 3. The van der Waals surface area contributed by atoms with Crippen LogP contribution in [0.1, 0.15) is 26.7 Å².